The van der Waals surface area contributed by atoms with Crippen LogP contribution in [0.3, 0.4) is 0 Å². The van der Waals surface area contributed by atoms with E-state index in [9.17, 15) is 5.21 Å². The van der Waals surface area contributed by atoms with Crippen molar-refractivity contribution in [2.45, 2.75) is 6.42 Å². The second-order valence-corrected chi connectivity index (χ2v) is 1.59. The van der Waals surface area contributed by atoms with E-state index in [0.717, 1.165) is 0 Å². The van der Waals surface area contributed by atoms with Crippen molar-refractivity contribution in [1.29, 1.82) is 0 Å². The third kappa shape index (κ3) is 7.76. The first-order chi connectivity index (χ1) is 4.13. The van der Waals surface area contributed by atoms with Gasteiger partial charge >= 0.3 is 0 Å². The van der Waals surface area contributed by atoms with Gasteiger partial charge in [0, 0.05) is 6.42 Å². The Labute approximate surface area is 52.0 Å². The second kappa shape index (κ2) is 4.62. The predicted molar refractivity (Wildman–Crippen MR) is 25.9 cm³/mol. The lowest BCUT2D eigenvalue weighted by Gasteiger charge is -2.12. The highest BCUT2D eigenvalue weighted by atomic mass is 16.8. The van der Waals surface area contributed by atoms with Crippen LogP contribution in [-0.4, -0.2) is 33.9 Å². The molecule has 0 amide bonds. The summed E-state index contributed by atoms with van der Waals surface area (Å²) in [6, 6.07) is 0. The van der Waals surface area contributed by atoms with Gasteiger partial charge < -0.3 is 5.21 Å². The summed E-state index contributed by atoms with van der Waals surface area (Å²) in [7, 11) is 0. The van der Waals surface area contributed by atoms with Crippen LogP contribution in [-0.2, 0) is 0 Å². The maximum atomic E-state index is 9.80. The van der Waals surface area contributed by atoms with Gasteiger partial charge in [-0.1, -0.05) is 5.23 Å². The Morgan fingerprint density at radius 3 is 2.33 bits per heavy atom. The molecule has 0 radical (unpaired) electrons. The Hall–Kier alpha value is -0.240. The number of nitrogens with zero attached hydrogens (tertiary/aromatic N) is 1. The van der Waals surface area contributed by atoms with Gasteiger partial charge in [0.15, 0.2) is 0 Å². The predicted octanol–water partition coefficient (Wildman–Crippen LogP) is -1.77. The molecule has 6 heteroatoms. The SMILES string of the molecule is [O-][NH+](O)CCCN(O)O. The van der Waals surface area contributed by atoms with Gasteiger partial charge in [-0.2, -0.15) is 0 Å². The highest BCUT2D eigenvalue weighted by Gasteiger charge is 1.95. The molecule has 0 aliphatic carbocycles. The summed E-state index contributed by atoms with van der Waals surface area (Å²) in [6.07, 6.45) is 0.238. The average molecular weight is 138 g/mol. The molecule has 1 unspecified atom stereocenters. The minimum Gasteiger partial charge on any atom is -0.600 e. The first kappa shape index (κ1) is 8.76. The first-order valence-electron chi connectivity index (χ1n) is 2.50. The number of nitrogens with one attached hydrogen (secondary N) is 1. The molecule has 4 N–H and O–H groups in total. The topological polar surface area (TPSA) is 91.4 Å². The molecule has 0 aliphatic rings. The number of hydroxylamine groups is 4. The fourth-order valence-electron chi connectivity index (χ4n) is 0.372. The minimum absolute atomic E-state index is 0.0249. The van der Waals surface area contributed by atoms with Crippen LogP contribution < -0.4 is 5.23 Å². The van der Waals surface area contributed by atoms with Crippen molar-refractivity contribution >= 4 is 0 Å². The summed E-state index contributed by atoms with van der Waals surface area (Å²) in [5.74, 6) is 0. The van der Waals surface area contributed by atoms with Crippen LogP contribution in [0.4, 0.5) is 0 Å². The summed E-state index contributed by atoms with van der Waals surface area (Å²) in [5, 5.41) is 33.0. The first-order valence-corrected chi connectivity index (χ1v) is 2.50. The van der Waals surface area contributed by atoms with E-state index in [-0.39, 0.29) is 24.7 Å². The van der Waals surface area contributed by atoms with Crippen molar-refractivity contribution in [3.63, 3.8) is 0 Å². The van der Waals surface area contributed by atoms with Crippen molar-refractivity contribution in [3.8, 4) is 0 Å². The summed E-state index contributed by atoms with van der Waals surface area (Å²) < 4.78 is 0. The van der Waals surface area contributed by atoms with Crippen molar-refractivity contribution in [3.05, 3.63) is 5.21 Å². The zero-order valence-electron chi connectivity index (χ0n) is 4.82. The molecule has 0 aromatic rings. The van der Waals surface area contributed by atoms with Crippen LogP contribution in [0.1, 0.15) is 6.42 Å². The zero-order valence-corrected chi connectivity index (χ0v) is 4.82. The van der Waals surface area contributed by atoms with Gasteiger partial charge in [-0.15, -0.1) is 0 Å². The van der Waals surface area contributed by atoms with E-state index in [0.29, 0.717) is 0 Å². The van der Waals surface area contributed by atoms with Gasteiger partial charge in [0.2, 0.25) is 0 Å². The summed E-state index contributed by atoms with van der Waals surface area (Å²) >= 11 is 0. The molecule has 0 bridgehead atoms. The molecule has 56 valence electrons. The molecular weight excluding hydrogens is 128 g/mol. The van der Waals surface area contributed by atoms with E-state index < -0.39 is 5.23 Å². The van der Waals surface area contributed by atoms with Gasteiger partial charge in [-0.05, 0) is 0 Å². The van der Waals surface area contributed by atoms with Gasteiger partial charge in [0.05, 0.1) is 6.54 Å². The average Bonchev–Trinajstić information content (AvgIpc) is 1.63. The highest BCUT2D eigenvalue weighted by Crippen LogP contribution is 1.75. The lowest BCUT2D eigenvalue weighted by atomic mass is 10.4. The van der Waals surface area contributed by atoms with Gasteiger partial charge in [-0.25, -0.2) is 10.4 Å². The van der Waals surface area contributed by atoms with Crippen LogP contribution in [0.15, 0.2) is 0 Å². The maximum absolute atomic E-state index is 9.80. The molecule has 0 spiro atoms. The molecule has 0 rings (SSSR count). The molecule has 0 heterocycles. The Kier molecular flexibility index (Phi) is 4.50. The molecule has 0 aromatic carbocycles. The lowest BCUT2D eigenvalue weighted by Crippen LogP contribution is -3.04. The Morgan fingerprint density at radius 2 is 2.00 bits per heavy atom. The molecule has 0 aliphatic heterocycles. The Morgan fingerprint density at radius 1 is 1.44 bits per heavy atom. The smallest absolute Gasteiger partial charge is 0.108 e. The zero-order chi connectivity index (χ0) is 7.28. The molecular formula is C3H10N2O4. The third-order valence-electron chi connectivity index (χ3n) is 0.749. The molecule has 0 fully saturated rings. The van der Waals surface area contributed by atoms with E-state index >= 15 is 0 Å². The van der Waals surface area contributed by atoms with Gasteiger partial charge in [0.25, 0.3) is 0 Å². The highest BCUT2D eigenvalue weighted by molar-refractivity contribution is 4.31. The van der Waals surface area contributed by atoms with Crippen molar-refractivity contribution in [2.24, 2.45) is 0 Å². The molecule has 9 heavy (non-hydrogen) atoms. The normalized spacial score (nSPS) is 14.3. The largest absolute Gasteiger partial charge is 0.600 e. The number of hydrogen-bond acceptors (Lipinski definition) is 5. The van der Waals surface area contributed by atoms with Crippen molar-refractivity contribution in [2.75, 3.05) is 13.1 Å². The second-order valence-electron chi connectivity index (χ2n) is 1.59. The summed E-state index contributed by atoms with van der Waals surface area (Å²) in [5.41, 5.74) is 0. The standard InChI is InChI=1S/C3H10N2O4/c6-4(7)2-1-3-5(8)9/h4,6,8-9H,1-3H2. The van der Waals surface area contributed by atoms with Crippen LogP contribution in [0, 0.1) is 5.21 Å². The van der Waals surface area contributed by atoms with Crippen LogP contribution >= 0.6 is 0 Å². The third-order valence-corrected chi connectivity index (χ3v) is 0.749. The molecule has 0 saturated carbocycles. The number of quaternary nitrogens is 1. The maximum Gasteiger partial charge on any atom is 0.108 e. The molecule has 1 atom stereocenters. The van der Waals surface area contributed by atoms with Crippen molar-refractivity contribution < 1.29 is 20.8 Å². The van der Waals surface area contributed by atoms with Crippen molar-refractivity contribution in [1.82, 2.24) is 5.23 Å². The minimum atomic E-state index is -0.933. The quantitative estimate of drug-likeness (QED) is 0.345. The van der Waals surface area contributed by atoms with Gasteiger partial charge in [0.1, 0.15) is 6.54 Å². The summed E-state index contributed by atoms with van der Waals surface area (Å²) in [6.45, 7) is -0.0794. The fourth-order valence-corrected chi connectivity index (χ4v) is 0.372. The monoisotopic (exact) mass is 138 g/mol. The number of hydrogen-bond donors (Lipinski definition) is 4. The molecule has 6 nitrogen and oxygen atoms in total. The number of rotatable bonds is 4. The van der Waals surface area contributed by atoms with Crippen LogP contribution in [0.2, 0.25) is 0 Å². The van der Waals surface area contributed by atoms with Crippen LogP contribution in [0.25, 0.3) is 0 Å². The van der Waals surface area contributed by atoms with Crippen LogP contribution in [0.5, 0.6) is 0 Å². The van der Waals surface area contributed by atoms with Gasteiger partial charge in [-0.3, -0.25) is 10.4 Å². The summed E-state index contributed by atoms with van der Waals surface area (Å²) in [4.78, 5) is 0. The van der Waals surface area contributed by atoms with E-state index in [1.165, 1.54) is 0 Å². The van der Waals surface area contributed by atoms with E-state index in [2.05, 4.69) is 0 Å². The lowest BCUT2D eigenvalue weighted by molar-refractivity contribution is -1.05. The molecule has 0 aromatic heterocycles. The Balaban J connectivity index is 2.91. The van der Waals surface area contributed by atoms with E-state index in [1.54, 1.807) is 0 Å². The molecule has 0 saturated heterocycles. The van der Waals surface area contributed by atoms with E-state index in [4.69, 9.17) is 15.6 Å². The fraction of sp³-hybridized carbons (Fsp3) is 1.00. The Bertz CT molecular complexity index is 58.8. The van der Waals surface area contributed by atoms with E-state index in [1.807, 2.05) is 0 Å².